The SMILES string of the molecule is CCCN1C[C@@H](CC(=O)N(C)CCN(C)c2ccccc2)C[C@@H]2CC3(CC[C@H]21)OCCO3. The first-order chi connectivity index (χ1) is 15.5. The lowest BCUT2D eigenvalue weighted by molar-refractivity contribution is -0.203. The van der Waals surface area contributed by atoms with Gasteiger partial charge in [0.15, 0.2) is 5.79 Å². The maximum Gasteiger partial charge on any atom is 0.222 e. The second kappa shape index (κ2) is 10.5. The van der Waals surface area contributed by atoms with Gasteiger partial charge in [0.05, 0.1) is 13.2 Å². The molecule has 0 N–H and O–H groups in total. The van der Waals surface area contributed by atoms with E-state index in [0.717, 1.165) is 71.5 Å². The van der Waals surface area contributed by atoms with E-state index in [-0.39, 0.29) is 11.7 Å². The van der Waals surface area contributed by atoms with Crippen molar-refractivity contribution in [3.63, 3.8) is 0 Å². The first-order valence-electron chi connectivity index (χ1n) is 12.5. The molecule has 1 aromatic carbocycles. The smallest absolute Gasteiger partial charge is 0.222 e. The van der Waals surface area contributed by atoms with Crippen LogP contribution in [0.5, 0.6) is 0 Å². The first-order valence-corrected chi connectivity index (χ1v) is 12.5. The molecule has 2 heterocycles. The molecule has 1 amide bonds. The molecule has 32 heavy (non-hydrogen) atoms. The molecule has 2 aliphatic heterocycles. The van der Waals surface area contributed by atoms with Crippen molar-refractivity contribution in [2.45, 2.75) is 57.3 Å². The van der Waals surface area contributed by atoms with Crippen molar-refractivity contribution in [2.24, 2.45) is 11.8 Å². The molecule has 0 bridgehead atoms. The van der Waals surface area contributed by atoms with Gasteiger partial charge in [0.25, 0.3) is 0 Å². The summed E-state index contributed by atoms with van der Waals surface area (Å²) in [6, 6.07) is 11.0. The number of hydrogen-bond donors (Lipinski definition) is 0. The normalized spacial score (nSPS) is 27.3. The van der Waals surface area contributed by atoms with Gasteiger partial charge >= 0.3 is 0 Å². The fourth-order valence-corrected chi connectivity index (χ4v) is 6.02. The Balaban J connectivity index is 1.31. The van der Waals surface area contributed by atoms with Gasteiger partial charge in [-0.3, -0.25) is 9.69 Å². The highest BCUT2D eigenvalue weighted by Gasteiger charge is 2.48. The summed E-state index contributed by atoms with van der Waals surface area (Å²) in [4.78, 5) is 19.9. The van der Waals surface area contributed by atoms with Crippen molar-refractivity contribution < 1.29 is 14.3 Å². The van der Waals surface area contributed by atoms with Gasteiger partial charge in [-0.15, -0.1) is 0 Å². The van der Waals surface area contributed by atoms with Crippen LogP contribution in [0.1, 0.15) is 45.4 Å². The minimum Gasteiger partial charge on any atom is -0.373 e. The maximum atomic E-state index is 13.1. The summed E-state index contributed by atoms with van der Waals surface area (Å²) in [5.41, 5.74) is 1.18. The van der Waals surface area contributed by atoms with E-state index in [0.29, 0.717) is 24.3 Å². The predicted molar refractivity (Wildman–Crippen MR) is 128 cm³/mol. The number of carbonyl (C=O) groups excluding carboxylic acids is 1. The highest BCUT2D eigenvalue weighted by Crippen LogP contribution is 2.45. The van der Waals surface area contributed by atoms with E-state index in [1.807, 2.05) is 18.0 Å². The average molecular weight is 444 g/mol. The van der Waals surface area contributed by atoms with Gasteiger partial charge in [-0.2, -0.15) is 0 Å². The van der Waals surface area contributed by atoms with E-state index in [1.165, 1.54) is 5.69 Å². The summed E-state index contributed by atoms with van der Waals surface area (Å²) < 4.78 is 12.1. The van der Waals surface area contributed by atoms with Crippen LogP contribution in [0.4, 0.5) is 5.69 Å². The second-order valence-corrected chi connectivity index (χ2v) is 10.1. The number of rotatable bonds is 8. The Morgan fingerprint density at radius 1 is 1.16 bits per heavy atom. The Labute approximate surface area is 193 Å². The molecular formula is C26H41N3O3. The van der Waals surface area contributed by atoms with Gasteiger partial charge < -0.3 is 19.3 Å². The molecule has 3 fully saturated rings. The van der Waals surface area contributed by atoms with E-state index in [4.69, 9.17) is 9.47 Å². The Hall–Kier alpha value is -1.63. The van der Waals surface area contributed by atoms with Crippen LogP contribution in [0.3, 0.4) is 0 Å². The van der Waals surface area contributed by atoms with Crippen LogP contribution in [0.15, 0.2) is 30.3 Å². The zero-order chi connectivity index (χ0) is 22.6. The topological polar surface area (TPSA) is 45.3 Å². The fourth-order valence-electron chi connectivity index (χ4n) is 6.02. The van der Waals surface area contributed by atoms with Gasteiger partial charge in [0, 0.05) is 64.7 Å². The van der Waals surface area contributed by atoms with Crippen LogP contribution in [-0.2, 0) is 14.3 Å². The number of piperidine rings is 1. The Morgan fingerprint density at radius 3 is 2.62 bits per heavy atom. The molecule has 4 rings (SSSR count). The zero-order valence-electron chi connectivity index (χ0n) is 20.2. The third-order valence-electron chi connectivity index (χ3n) is 7.72. The lowest BCUT2D eigenvalue weighted by Crippen LogP contribution is -2.55. The standard InChI is InChI=1S/C26H41N3O3/c1-4-12-29-20-21(17-22-19-26(11-10-24(22)29)31-15-16-32-26)18-25(30)28(3)14-13-27(2)23-8-6-5-7-9-23/h5-9,21-22,24H,4,10-20H2,1-3H3/t21-,22-,24-/m1/s1. The zero-order valence-corrected chi connectivity index (χ0v) is 20.2. The monoisotopic (exact) mass is 443 g/mol. The number of nitrogens with zero attached hydrogens (tertiary/aromatic N) is 3. The van der Waals surface area contributed by atoms with Crippen molar-refractivity contribution in [3.8, 4) is 0 Å². The fraction of sp³-hybridized carbons (Fsp3) is 0.731. The quantitative estimate of drug-likeness (QED) is 0.614. The van der Waals surface area contributed by atoms with E-state index < -0.39 is 0 Å². The summed E-state index contributed by atoms with van der Waals surface area (Å²) in [5, 5.41) is 0. The number of carbonyl (C=O) groups is 1. The summed E-state index contributed by atoms with van der Waals surface area (Å²) in [7, 11) is 4.04. The van der Waals surface area contributed by atoms with Crippen molar-refractivity contribution in [1.29, 1.82) is 0 Å². The van der Waals surface area contributed by atoms with Crippen LogP contribution >= 0.6 is 0 Å². The van der Waals surface area contributed by atoms with Gasteiger partial charge in [-0.05, 0) is 49.8 Å². The number of hydrogen-bond acceptors (Lipinski definition) is 5. The molecule has 3 aliphatic rings. The summed E-state index contributed by atoms with van der Waals surface area (Å²) in [6.45, 7) is 7.45. The average Bonchev–Trinajstić information content (AvgIpc) is 3.25. The molecule has 1 aliphatic carbocycles. The van der Waals surface area contributed by atoms with Crippen LogP contribution in [-0.4, -0.2) is 81.0 Å². The number of para-hydroxylation sites is 1. The number of fused-ring (bicyclic) bond motifs is 1. The minimum atomic E-state index is -0.343. The highest BCUT2D eigenvalue weighted by atomic mass is 16.7. The van der Waals surface area contributed by atoms with E-state index in [2.05, 4.69) is 48.0 Å². The lowest BCUT2D eigenvalue weighted by atomic mass is 9.72. The van der Waals surface area contributed by atoms with E-state index in [1.54, 1.807) is 0 Å². The van der Waals surface area contributed by atoms with Gasteiger partial charge in [-0.25, -0.2) is 0 Å². The molecular weight excluding hydrogens is 402 g/mol. The maximum absolute atomic E-state index is 13.1. The number of anilines is 1. The van der Waals surface area contributed by atoms with Crippen LogP contribution in [0.2, 0.25) is 0 Å². The predicted octanol–water partition coefficient (Wildman–Crippen LogP) is 3.62. The molecule has 2 saturated heterocycles. The molecule has 1 spiro atoms. The third kappa shape index (κ3) is 5.46. The van der Waals surface area contributed by atoms with Crippen molar-refractivity contribution in [1.82, 2.24) is 9.80 Å². The second-order valence-electron chi connectivity index (χ2n) is 10.1. The molecule has 178 valence electrons. The van der Waals surface area contributed by atoms with Gasteiger partial charge in [0.1, 0.15) is 0 Å². The Bertz CT molecular complexity index is 737. The molecule has 1 saturated carbocycles. The van der Waals surface area contributed by atoms with E-state index >= 15 is 0 Å². The van der Waals surface area contributed by atoms with Gasteiger partial charge in [0.2, 0.25) is 5.91 Å². The van der Waals surface area contributed by atoms with Crippen molar-refractivity contribution >= 4 is 11.6 Å². The molecule has 0 unspecified atom stereocenters. The van der Waals surface area contributed by atoms with Crippen molar-refractivity contribution in [3.05, 3.63) is 30.3 Å². The number of benzene rings is 1. The van der Waals surface area contributed by atoms with E-state index in [9.17, 15) is 4.79 Å². The highest BCUT2D eigenvalue weighted by molar-refractivity contribution is 5.76. The summed E-state index contributed by atoms with van der Waals surface area (Å²) in [5.74, 6) is 0.907. The number of likely N-dealkylation sites (tertiary alicyclic amines) is 1. The lowest BCUT2D eigenvalue weighted by Gasteiger charge is -2.51. The number of ether oxygens (including phenoxy) is 2. The molecule has 0 aromatic heterocycles. The van der Waals surface area contributed by atoms with Crippen LogP contribution < -0.4 is 4.90 Å². The number of amides is 1. The Morgan fingerprint density at radius 2 is 1.91 bits per heavy atom. The molecule has 6 nitrogen and oxygen atoms in total. The molecule has 6 heteroatoms. The third-order valence-corrected chi connectivity index (χ3v) is 7.72. The molecule has 3 atom stereocenters. The van der Waals surface area contributed by atoms with Gasteiger partial charge in [-0.1, -0.05) is 25.1 Å². The summed E-state index contributed by atoms with van der Waals surface area (Å²) >= 11 is 0. The largest absolute Gasteiger partial charge is 0.373 e. The minimum absolute atomic E-state index is 0.269. The first kappa shape index (κ1) is 23.5. The number of likely N-dealkylation sites (N-methyl/N-ethyl adjacent to an activating group) is 2. The van der Waals surface area contributed by atoms with Crippen LogP contribution in [0, 0.1) is 11.8 Å². The molecule has 0 radical (unpaired) electrons. The summed E-state index contributed by atoms with van der Waals surface area (Å²) in [6.07, 6.45) is 6.06. The molecule has 1 aromatic rings. The van der Waals surface area contributed by atoms with Crippen molar-refractivity contribution in [2.75, 3.05) is 58.4 Å². The van der Waals surface area contributed by atoms with Crippen LogP contribution in [0.25, 0.3) is 0 Å². The Kier molecular flexibility index (Phi) is 7.74.